The zero-order chi connectivity index (χ0) is 10.1. The van der Waals surface area contributed by atoms with Crippen molar-refractivity contribution in [1.82, 2.24) is 0 Å². The summed E-state index contributed by atoms with van der Waals surface area (Å²) >= 11 is 0. The molecule has 0 aliphatic heterocycles. The fourth-order valence-electron chi connectivity index (χ4n) is 2.04. The van der Waals surface area contributed by atoms with E-state index >= 15 is 0 Å². The van der Waals surface area contributed by atoms with Gasteiger partial charge < -0.3 is 9.15 Å². The van der Waals surface area contributed by atoms with E-state index in [2.05, 4.69) is 0 Å². The van der Waals surface area contributed by atoms with Crippen LogP contribution in [0.2, 0.25) is 0 Å². The highest BCUT2D eigenvalue weighted by Crippen LogP contribution is 2.29. The van der Waals surface area contributed by atoms with Crippen LogP contribution in [0.25, 0.3) is 0 Å². The summed E-state index contributed by atoms with van der Waals surface area (Å²) in [7, 11) is 1.44. The quantitative estimate of drug-likeness (QED) is 0.640. The molecule has 0 saturated heterocycles. The fourth-order valence-corrected chi connectivity index (χ4v) is 2.04. The third-order valence-corrected chi connectivity index (χ3v) is 2.90. The average Bonchev–Trinajstić information content (AvgIpc) is 2.59. The van der Waals surface area contributed by atoms with Gasteiger partial charge in [-0.3, -0.25) is 4.79 Å². The van der Waals surface area contributed by atoms with Crippen LogP contribution in [-0.2, 0) is 22.4 Å². The normalized spacial score (nSPS) is 20.3. The minimum Gasteiger partial charge on any atom is -0.469 e. The third-order valence-electron chi connectivity index (χ3n) is 2.90. The molecule has 1 heterocycles. The SMILES string of the molecule is COC(=O)C1CCc2c(C)coc2C1. The van der Waals surface area contributed by atoms with Gasteiger partial charge in [-0.15, -0.1) is 0 Å². The molecular formula is C11H14O3. The Labute approximate surface area is 83.0 Å². The van der Waals surface area contributed by atoms with Crippen molar-refractivity contribution < 1.29 is 13.9 Å². The molecule has 2 rings (SSSR count). The Bertz CT molecular complexity index is 351. The van der Waals surface area contributed by atoms with Gasteiger partial charge in [0.1, 0.15) is 5.76 Å². The van der Waals surface area contributed by atoms with E-state index in [1.807, 2.05) is 6.92 Å². The van der Waals surface area contributed by atoms with Gasteiger partial charge >= 0.3 is 5.97 Å². The van der Waals surface area contributed by atoms with Crippen molar-refractivity contribution in [2.45, 2.75) is 26.2 Å². The second kappa shape index (κ2) is 3.48. The van der Waals surface area contributed by atoms with Crippen molar-refractivity contribution in [1.29, 1.82) is 0 Å². The topological polar surface area (TPSA) is 39.4 Å². The number of carbonyl (C=O) groups is 1. The first-order valence-corrected chi connectivity index (χ1v) is 4.86. The van der Waals surface area contributed by atoms with E-state index in [1.165, 1.54) is 18.2 Å². The molecular weight excluding hydrogens is 180 g/mol. The highest BCUT2D eigenvalue weighted by atomic mass is 16.5. The molecule has 0 radical (unpaired) electrons. The lowest BCUT2D eigenvalue weighted by molar-refractivity contribution is -0.145. The number of esters is 1. The van der Waals surface area contributed by atoms with Crippen molar-refractivity contribution in [2.75, 3.05) is 7.11 Å². The first kappa shape index (κ1) is 9.31. The Kier molecular flexibility index (Phi) is 2.32. The van der Waals surface area contributed by atoms with Crippen LogP contribution < -0.4 is 0 Å². The number of ether oxygens (including phenoxy) is 1. The summed E-state index contributed by atoms with van der Waals surface area (Å²) in [5.74, 6) is 0.826. The molecule has 76 valence electrons. The third kappa shape index (κ3) is 1.43. The smallest absolute Gasteiger partial charge is 0.309 e. The van der Waals surface area contributed by atoms with Crippen molar-refractivity contribution in [3.05, 3.63) is 23.2 Å². The zero-order valence-electron chi connectivity index (χ0n) is 8.50. The summed E-state index contributed by atoms with van der Waals surface area (Å²) in [6.07, 6.45) is 4.26. The zero-order valence-corrected chi connectivity index (χ0v) is 8.50. The lowest BCUT2D eigenvalue weighted by Gasteiger charge is -2.18. The summed E-state index contributed by atoms with van der Waals surface area (Å²) in [4.78, 5) is 11.3. The molecule has 0 fully saturated rings. The number of methoxy groups -OCH3 is 1. The molecule has 3 heteroatoms. The lowest BCUT2D eigenvalue weighted by Crippen LogP contribution is -2.23. The van der Waals surface area contributed by atoms with Gasteiger partial charge in [0.15, 0.2) is 0 Å². The molecule has 1 aromatic rings. The highest BCUT2D eigenvalue weighted by Gasteiger charge is 2.28. The minimum absolute atomic E-state index is 0.0157. The number of hydrogen-bond acceptors (Lipinski definition) is 3. The number of furan rings is 1. The largest absolute Gasteiger partial charge is 0.469 e. The van der Waals surface area contributed by atoms with Gasteiger partial charge in [0.2, 0.25) is 0 Å². The fraction of sp³-hybridized carbons (Fsp3) is 0.545. The molecule has 1 unspecified atom stereocenters. The number of rotatable bonds is 1. The van der Waals surface area contributed by atoms with Gasteiger partial charge in [-0.2, -0.15) is 0 Å². The van der Waals surface area contributed by atoms with E-state index in [0.717, 1.165) is 18.6 Å². The van der Waals surface area contributed by atoms with Crippen molar-refractivity contribution >= 4 is 5.97 Å². The summed E-state index contributed by atoms with van der Waals surface area (Å²) in [5, 5.41) is 0. The number of carbonyl (C=O) groups excluding carboxylic acids is 1. The van der Waals surface area contributed by atoms with Crippen LogP contribution in [0.5, 0.6) is 0 Å². The summed E-state index contributed by atoms with van der Waals surface area (Å²) in [5.41, 5.74) is 2.48. The van der Waals surface area contributed by atoms with Crippen LogP contribution in [0.1, 0.15) is 23.3 Å². The number of hydrogen-bond donors (Lipinski definition) is 0. The molecule has 1 atom stereocenters. The lowest BCUT2D eigenvalue weighted by atomic mass is 9.87. The summed E-state index contributed by atoms with van der Waals surface area (Å²) < 4.78 is 10.1. The molecule has 0 saturated carbocycles. The molecule has 1 aromatic heterocycles. The average molecular weight is 194 g/mol. The van der Waals surface area contributed by atoms with Gasteiger partial charge in [-0.05, 0) is 30.9 Å². The van der Waals surface area contributed by atoms with E-state index in [-0.39, 0.29) is 11.9 Å². The van der Waals surface area contributed by atoms with E-state index < -0.39 is 0 Å². The predicted molar refractivity (Wildman–Crippen MR) is 51.0 cm³/mol. The Hall–Kier alpha value is -1.25. The first-order valence-electron chi connectivity index (χ1n) is 4.86. The van der Waals surface area contributed by atoms with Crippen molar-refractivity contribution in [3.63, 3.8) is 0 Å². The van der Waals surface area contributed by atoms with Crippen LogP contribution in [-0.4, -0.2) is 13.1 Å². The van der Waals surface area contributed by atoms with Crippen molar-refractivity contribution in [2.24, 2.45) is 5.92 Å². The molecule has 0 aromatic carbocycles. The van der Waals surface area contributed by atoms with Crippen LogP contribution in [0.3, 0.4) is 0 Å². The second-order valence-corrected chi connectivity index (χ2v) is 3.78. The molecule has 1 aliphatic carbocycles. The van der Waals surface area contributed by atoms with Crippen LogP contribution in [0, 0.1) is 12.8 Å². The van der Waals surface area contributed by atoms with Gasteiger partial charge in [0.25, 0.3) is 0 Å². The molecule has 0 N–H and O–H groups in total. The highest BCUT2D eigenvalue weighted by molar-refractivity contribution is 5.73. The molecule has 0 bridgehead atoms. The Morgan fingerprint density at radius 1 is 1.64 bits per heavy atom. The van der Waals surface area contributed by atoms with E-state index in [0.29, 0.717) is 6.42 Å². The molecule has 3 nitrogen and oxygen atoms in total. The van der Waals surface area contributed by atoms with Crippen LogP contribution in [0.4, 0.5) is 0 Å². The van der Waals surface area contributed by atoms with Gasteiger partial charge in [-0.1, -0.05) is 0 Å². The second-order valence-electron chi connectivity index (χ2n) is 3.78. The number of aryl methyl sites for hydroxylation is 1. The maximum atomic E-state index is 11.3. The minimum atomic E-state index is -0.121. The molecule has 1 aliphatic rings. The monoisotopic (exact) mass is 194 g/mol. The van der Waals surface area contributed by atoms with Crippen LogP contribution in [0.15, 0.2) is 10.7 Å². The Balaban J connectivity index is 2.18. The van der Waals surface area contributed by atoms with E-state index in [4.69, 9.17) is 9.15 Å². The van der Waals surface area contributed by atoms with E-state index in [1.54, 1.807) is 6.26 Å². The summed E-state index contributed by atoms with van der Waals surface area (Å²) in [6, 6.07) is 0. The Morgan fingerprint density at radius 2 is 2.43 bits per heavy atom. The molecule has 0 amide bonds. The van der Waals surface area contributed by atoms with Crippen LogP contribution >= 0.6 is 0 Å². The summed E-state index contributed by atoms with van der Waals surface area (Å²) in [6.45, 7) is 2.04. The maximum absolute atomic E-state index is 11.3. The molecule has 14 heavy (non-hydrogen) atoms. The molecule has 0 spiro atoms. The van der Waals surface area contributed by atoms with Gasteiger partial charge in [0.05, 0.1) is 19.3 Å². The van der Waals surface area contributed by atoms with E-state index in [9.17, 15) is 4.79 Å². The first-order chi connectivity index (χ1) is 6.72. The predicted octanol–water partition coefficient (Wildman–Crippen LogP) is 1.87. The number of fused-ring (bicyclic) bond motifs is 1. The van der Waals surface area contributed by atoms with Crippen molar-refractivity contribution in [3.8, 4) is 0 Å². The maximum Gasteiger partial charge on any atom is 0.309 e. The standard InChI is InChI=1S/C11H14O3/c1-7-6-14-10-5-8(11(12)13-2)3-4-9(7)10/h6,8H,3-5H2,1-2H3. The Morgan fingerprint density at radius 3 is 3.14 bits per heavy atom. The van der Waals surface area contributed by atoms with Gasteiger partial charge in [-0.25, -0.2) is 0 Å². The van der Waals surface area contributed by atoms with Gasteiger partial charge in [0, 0.05) is 6.42 Å².